The molecule has 2 aliphatic rings. The summed E-state index contributed by atoms with van der Waals surface area (Å²) in [6.07, 6.45) is 0.0693. The smallest absolute Gasteiger partial charge is 0.310 e. The molecule has 2 fully saturated rings. The van der Waals surface area contributed by atoms with Crippen LogP contribution in [-0.2, 0) is 35.3 Å². The fraction of sp³-hybridized carbons (Fsp3) is 0.393. The molecule has 2 saturated heterocycles. The molecule has 2 aromatic rings. The average molecular weight is 571 g/mol. The highest BCUT2D eigenvalue weighted by molar-refractivity contribution is 6.34. The zero-order chi connectivity index (χ0) is 28.8. The summed E-state index contributed by atoms with van der Waals surface area (Å²) in [5.74, 6) is -2.14. The third kappa shape index (κ3) is 7.16. The Morgan fingerprint density at radius 2 is 1.90 bits per heavy atom. The second-order valence-corrected chi connectivity index (χ2v) is 10.1. The van der Waals surface area contributed by atoms with Gasteiger partial charge < -0.3 is 30.3 Å². The zero-order valence-corrected chi connectivity index (χ0v) is 22.9. The van der Waals surface area contributed by atoms with Crippen LogP contribution in [0.15, 0.2) is 48.5 Å². The summed E-state index contributed by atoms with van der Waals surface area (Å²) in [6, 6.07) is 11.4. The van der Waals surface area contributed by atoms with E-state index >= 15 is 0 Å². The molecule has 4 rings (SSSR count). The number of nitrogens with zero attached hydrogens (tertiary/aromatic N) is 1. The van der Waals surface area contributed by atoms with Crippen molar-refractivity contribution in [3.63, 3.8) is 0 Å². The van der Waals surface area contributed by atoms with Crippen LogP contribution >= 0.6 is 11.6 Å². The van der Waals surface area contributed by atoms with Crippen molar-refractivity contribution in [3.05, 3.63) is 64.7 Å². The highest BCUT2D eigenvalue weighted by Crippen LogP contribution is 2.24. The minimum atomic E-state index is -0.940. The number of hydrogen-bond donors (Lipinski definition) is 3. The van der Waals surface area contributed by atoms with Crippen LogP contribution in [0, 0.1) is 0 Å². The zero-order valence-electron chi connectivity index (χ0n) is 22.1. The number of carbonyl (C=O) groups is 5. The molecule has 3 N–H and O–H groups in total. The SMILES string of the molecule is CC(=O)Nc1ccc(C(=O)N[C@@H](C)C(=O)N2CCC[C@H]2C(=O)NC2CC(=O)O[C@H]2OCc2ccccc2)cc1Cl. The van der Waals surface area contributed by atoms with Crippen LogP contribution in [-0.4, -0.2) is 65.5 Å². The highest BCUT2D eigenvalue weighted by Gasteiger charge is 2.41. The summed E-state index contributed by atoms with van der Waals surface area (Å²) in [4.78, 5) is 63.9. The van der Waals surface area contributed by atoms with Crippen LogP contribution in [0.4, 0.5) is 5.69 Å². The Morgan fingerprint density at radius 3 is 2.60 bits per heavy atom. The van der Waals surface area contributed by atoms with Crippen molar-refractivity contribution in [2.45, 2.75) is 64.1 Å². The van der Waals surface area contributed by atoms with Gasteiger partial charge >= 0.3 is 5.97 Å². The van der Waals surface area contributed by atoms with Crippen molar-refractivity contribution in [1.29, 1.82) is 0 Å². The van der Waals surface area contributed by atoms with Gasteiger partial charge in [0.25, 0.3) is 5.91 Å². The molecule has 0 saturated carbocycles. The standard InChI is InChI=1S/C28H31ClN4O7/c1-16(30-25(36)19-10-11-21(20(29)13-19)31-17(2)34)27(38)33-12-6-9-23(33)26(37)32-22-14-24(35)40-28(22)39-15-18-7-4-3-5-8-18/h3-5,7-8,10-11,13,16,22-23,28H,6,9,12,14-15H2,1-2H3,(H,30,36)(H,31,34)(H,32,37)/t16-,22?,23-,28+/m0/s1. The molecule has 4 amide bonds. The van der Waals surface area contributed by atoms with E-state index in [9.17, 15) is 24.0 Å². The summed E-state index contributed by atoms with van der Waals surface area (Å²) in [6.45, 7) is 3.44. The van der Waals surface area contributed by atoms with Gasteiger partial charge in [0.1, 0.15) is 18.1 Å². The Balaban J connectivity index is 1.34. The number of ether oxygens (including phenoxy) is 2. The maximum atomic E-state index is 13.2. The summed E-state index contributed by atoms with van der Waals surface area (Å²) in [7, 11) is 0. The van der Waals surface area contributed by atoms with E-state index in [1.165, 1.54) is 36.9 Å². The van der Waals surface area contributed by atoms with E-state index in [0.717, 1.165) is 5.56 Å². The Bertz CT molecular complexity index is 1290. The molecule has 2 aliphatic heterocycles. The average Bonchev–Trinajstić information content (AvgIpc) is 3.55. The van der Waals surface area contributed by atoms with Gasteiger partial charge in [-0.1, -0.05) is 41.9 Å². The van der Waals surface area contributed by atoms with Crippen LogP contribution in [0.5, 0.6) is 0 Å². The van der Waals surface area contributed by atoms with Crippen molar-refractivity contribution in [1.82, 2.24) is 15.5 Å². The van der Waals surface area contributed by atoms with Gasteiger partial charge in [0.2, 0.25) is 24.0 Å². The lowest BCUT2D eigenvalue weighted by atomic mass is 10.1. The molecule has 4 atom stereocenters. The molecule has 2 heterocycles. The first-order valence-electron chi connectivity index (χ1n) is 13.0. The highest BCUT2D eigenvalue weighted by atomic mass is 35.5. The number of nitrogens with one attached hydrogen (secondary N) is 3. The first-order valence-corrected chi connectivity index (χ1v) is 13.3. The number of esters is 1. The lowest BCUT2D eigenvalue weighted by molar-refractivity contribution is -0.168. The van der Waals surface area contributed by atoms with Gasteiger partial charge in [0.15, 0.2) is 0 Å². The fourth-order valence-electron chi connectivity index (χ4n) is 4.68. The third-order valence-electron chi connectivity index (χ3n) is 6.65. The summed E-state index contributed by atoms with van der Waals surface area (Å²) < 4.78 is 11.0. The van der Waals surface area contributed by atoms with E-state index in [0.29, 0.717) is 25.1 Å². The van der Waals surface area contributed by atoms with Gasteiger partial charge in [0.05, 0.1) is 23.7 Å². The first kappa shape index (κ1) is 29.0. The quantitative estimate of drug-likeness (QED) is 0.393. The molecule has 1 unspecified atom stereocenters. The van der Waals surface area contributed by atoms with Crippen molar-refractivity contribution in [3.8, 4) is 0 Å². The maximum Gasteiger partial charge on any atom is 0.310 e. The van der Waals surface area contributed by atoms with Crippen LogP contribution in [0.1, 0.15) is 49.0 Å². The van der Waals surface area contributed by atoms with Gasteiger partial charge in [0, 0.05) is 19.0 Å². The molecule has 0 aliphatic carbocycles. The first-order chi connectivity index (χ1) is 19.1. The summed E-state index contributed by atoms with van der Waals surface area (Å²) >= 11 is 6.16. The van der Waals surface area contributed by atoms with Crippen molar-refractivity contribution < 1.29 is 33.4 Å². The molecular formula is C28H31ClN4O7. The number of carbonyl (C=O) groups excluding carboxylic acids is 5. The van der Waals surface area contributed by atoms with Crippen molar-refractivity contribution in [2.24, 2.45) is 0 Å². The van der Waals surface area contributed by atoms with Crippen molar-refractivity contribution >= 4 is 46.9 Å². The van der Waals surface area contributed by atoms with Crippen LogP contribution < -0.4 is 16.0 Å². The second-order valence-electron chi connectivity index (χ2n) is 9.73. The molecule has 12 heteroatoms. The number of amides is 4. The van der Waals surface area contributed by atoms with E-state index in [1.54, 1.807) is 0 Å². The molecule has 11 nitrogen and oxygen atoms in total. The molecule has 212 valence electrons. The lowest BCUT2D eigenvalue weighted by Crippen LogP contribution is -2.54. The Kier molecular flexibility index (Phi) is 9.38. The topological polar surface area (TPSA) is 143 Å². The fourth-order valence-corrected chi connectivity index (χ4v) is 4.91. The number of hydrogen-bond acceptors (Lipinski definition) is 7. The monoisotopic (exact) mass is 570 g/mol. The Morgan fingerprint density at radius 1 is 1.15 bits per heavy atom. The van der Waals surface area contributed by atoms with Crippen LogP contribution in [0.3, 0.4) is 0 Å². The van der Waals surface area contributed by atoms with E-state index in [4.69, 9.17) is 21.1 Å². The van der Waals surface area contributed by atoms with Gasteiger partial charge in [-0.3, -0.25) is 24.0 Å². The van der Waals surface area contributed by atoms with Crippen LogP contribution in [0.25, 0.3) is 0 Å². The van der Waals surface area contributed by atoms with Crippen molar-refractivity contribution in [2.75, 3.05) is 11.9 Å². The number of anilines is 1. The molecule has 0 spiro atoms. The molecule has 2 aromatic carbocycles. The number of rotatable bonds is 9. The van der Waals surface area contributed by atoms with E-state index < -0.39 is 48.1 Å². The number of cyclic esters (lactones) is 1. The minimum Gasteiger partial charge on any atom is -0.433 e. The summed E-state index contributed by atoms with van der Waals surface area (Å²) in [5.41, 5.74) is 1.47. The number of benzene rings is 2. The minimum absolute atomic E-state index is 0.0401. The number of likely N-dealkylation sites (tertiary alicyclic amines) is 1. The van der Waals surface area contributed by atoms with Gasteiger partial charge in [-0.15, -0.1) is 0 Å². The van der Waals surface area contributed by atoms with E-state index in [1.807, 2.05) is 30.3 Å². The van der Waals surface area contributed by atoms with E-state index in [2.05, 4.69) is 16.0 Å². The summed E-state index contributed by atoms with van der Waals surface area (Å²) in [5, 5.41) is 8.20. The van der Waals surface area contributed by atoms with Gasteiger partial charge in [-0.2, -0.15) is 0 Å². The predicted octanol–water partition coefficient (Wildman–Crippen LogP) is 2.38. The van der Waals surface area contributed by atoms with Crippen LogP contribution in [0.2, 0.25) is 5.02 Å². The number of halogens is 1. The van der Waals surface area contributed by atoms with Gasteiger partial charge in [-0.05, 0) is 43.5 Å². The molecular weight excluding hydrogens is 540 g/mol. The molecule has 0 radical (unpaired) electrons. The third-order valence-corrected chi connectivity index (χ3v) is 6.96. The normalized spacial score (nSPS) is 20.9. The largest absolute Gasteiger partial charge is 0.433 e. The molecule has 40 heavy (non-hydrogen) atoms. The Hall–Kier alpha value is -3.96. The molecule has 0 bridgehead atoms. The second kappa shape index (κ2) is 12.9. The lowest BCUT2D eigenvalue weighted by Gasteiger charge is -2.28. The van der Waals surface area contributed by atoms with Gasteiger partial charge in [-0.25, -0.2) is 0 Å². The van der Waals surface area contributed by atoms with E-state index in [-0.39, 0.29) is 29.5 Å². The Labute approximate surface area is 236 Å². The molecule has 0 aromatic heterocycles. The maximum absolute atomic E-state index is 13.2. The predicted molar refractivity (Wildman–Crippen MR) is 145 cm³/mol.